The number of aryl methyl sites for hydroxylation is 1. The first-order valence-electron chi connectivity index (χ1n) is 6.53. The minimum absolute atomic E-state index is 0.235. The summed E-state index contributed by atoms with van der Waals surface area (Å²) in [7, 11) is 0. The lowest BCUT2D eigenvalue weighted by atomic mass is 9.91. The highest BCUT2D eigenvalue weighted by Crippen LogP contribution is 2.29. The van der Waals surface area contributed by atoms with Crippen molar-refractivity contribution in [1.29, 1.82) is 0 Å². The fourth-order valence-corrected chi connectivity index (χ4v) is 2.49. The van der Waals surface area contributed by atoms with Crippen LogP contribution in [-0.4, -0.2) is 11.0 Å². The molecule has 0 saturated heterocycles. The van der Waals surface area contributed by atoms with Crippen LogP contribution < -0.4 is 5.73 Å². The fourth-order valence-electron chi connectivity index (χ4n) is 2.49. The molecule has 1 heterocycles. The maximum Gasteiger partial charge on any atom is 0.0489 e. The van der Waals surface area contributed by atoms with Crippen molar-refractivity contribution in [2.24, 2.45) is 5.73 Å². The predicted molar refractivity (Wildman–Crippen MR) is 74.4 cm³/mol. The van der Waals surface area contributed by atoms with Gasteiger partial charge in [-0.3, -0.25) is 0 Å². The standard InChI is InChI=1S/C15H22N2/c1-4-11-7-6-8-12-13(9-17-15(11)12)10(3)14(16)5-2/h6-10,14,17H,4-5,16H2,1-3H3/t10-,14-/m0/s1. The molecular weight excluding hydrogens is 208 g/mol. The van der Waals surface area contributed by atoms with Gasteiger partial charge in [-0.15, -0.1) is 0 Å². The van der Waals surface area contributed by atoms with Gasteiger partial charge in [-0.05, 0) is 29.9 Å². The molecule has 0 aliphatic carbocycles. The van der Waals surface area contributed by atoms with E-state index in [-0.39, 0.29) is 6.04 Å². The molecule has 2 rings (SSSR count). The number of aromatic amines is 1. The molecule has 0 aliphatic heterocycles. The summed E-state index contributed by atoms with van der Waals surface area (Å²) >= 11 is 0. The molecule has 2 aromatic rings. The molecule has 0 spiro atoms. The number of hydrogen-bond acceptors (Lipinski definition) is 1. The molecule has 2 heteroatoms. The SMILES string of the molecule is CCc1cccc2c([C@H](C)[C@@H](N)CC)c[nH]c12. The first-order valence-corrected chi connectivity index (χ1v) is 6.53. The smallest absolute Gasteiger partial charge is 0.0489 e. The average molecular weight is 230 g/mol. The Labute approximate surface area is 103 Å². The van der Waals surface area contributed by atoms with Gasteiger partial charge in [0, 0.05) is 23.1 Å². The van der Waals surface area contributed by atoms with Gasteiger partial charge >= 0.3 is 0 Å². The third kappa shape index (κ3) is 2.09. The molecule has 0 bridgehead atoms. The van der Waals surface area contributed by atoms with Gasteiger partial charge in [0.2, 0.25) is 0 Å². The molecule has 0 amide bonds. The highest BCUT2D eigenvalue weighted by molar-refractivity contribution is 5.86. The Morgan fingerprint density at radius 3 is 2.71 bits per heavy atom. The van der Waals surface area contributed by atoms with E-state index in [0.717, 1.165) is 12.8 Å². The van der Waals surface area contributed by atoms with Gasteiger partial charge in [-0.25, -0.2) is 0 Å². The predicted octanol–water partition coefficient (Wildman–Crippen LogP) is 3.57. The van der Waals surface area contributed by atoms with Crippen LogP contribution in [0.4, 0.5) is 0 Å². The monoisotopic (exact) mass is 230 g/mol. The van der Waals surface area contributed by atoms with E-state index < -0.39 is 0 Å². The second-order valence-electron chi connectivity index (χ2n) is 4.80. The zero-order valence-electron chi connectivity index (χ0n) is 11.0. The Kier molecular flexibility index (Phi) is 3.53. The second-order valence-corrected chi connectivity index (χ2v) is 4.80. The number of benzene rings is 1. The van der Waals surface area contributed by atoms with E-state index in [1.54, 1.807) is 0 Å². The summed E-state index contributed by atoms with van der Waals surface area (Å²) < 4.78 is 0. The highest BCUT2D eigenvalue weighted by atomic mass is 14.7. The van der Waals surface area contributed by atoms with E-state index >= 15 is 0 Å². The normalized spacial score (nSPS) is 15.1. The van der Waals surface area contributed by atoms with Crippen molar-refractivity contribution in [2.45, 2.75) is 45.6 Å². The van der Waals surface area contributed by atoms with Gasteiger partial charge in [0.05, 0.1) is 0 Å². The van der Waals surface area contributed by atoms with Gasteiger partial charge in [-0.2, -0.15) is 0 Å². The van der Waals surface area contributed by atoms with E-state index in [9.17, 15) is 0 Å². The van der Waals surface area contributed by atoms with E-state index in [1.807, 2.05) is 0 Å². The number of hydrogen-bond donors (Lipinski definition) is 2. The third-order valence-corrected chi connectivity index (χ3v) is 3.82. The highest BCUT2D eigenvalue weighted by Gasteiger charge is 2.17. The molecule has 92 valence electrons. The number of H-pyrrole nitrogens is 1. The van der Waals surface area contributed by atoms with Crippen molar-refractivity contribution >= 4 is 10.9 Å². The number of nitrogens with one attached hydrogen (secondary N) is 1. The van der Waals surface area contributed by atoms with Crippen LogP contribution in [-0.2, 0) is 6.42 Å². The maximum atomic E-state index is 6.16. The molecule has 0 unspecified atom stereocenters. The molecular formula is C15H22N2. The Morgan fingerprint density at radius 1 is 1.29 bits per heavy atom. The van der Waals surface area contributed by atoms with Gasteiger partial charge in [-0.1, -0.05) is 39.0 Å². The topological polar surface area (TPSA) is 41.8 Å². The van der Waals surface area contributed by atoms with Gasteiger partial charge in [0.1, 0.15) is 0 Å². The van der Waals surface area contributed by atoms with Crippen LogP contribution in [0.5, 0.6) is 0 Å². The number of rotatable bonds is 4. The molecule has 17 heavy (non-hydrogen) atoms. The van der Waals surface area contributed by atoms with Crippen molar-refractivity contribution in [3.8, 4) is 0 Å². The Bertz CT molecular complexity index is 499. The first kappa shape index (κ1) is 12.2. The van der Waals surface area contributed by atoms with Gasteiger partial charge < -0.3 is 10.7 Å². The van der Waals surface area contributed by atoms with E-state index in [1.165, 1.54) is 22.0 Å². The lowest BCUT2D eigenvalue weighted by molar-refractivity contribution is 0.554. The summed E-state index contributed by atoms with van der Waals surface area (Å²) in [6, 6.07) is 6.76. The van der Waals surface area contributed by atoms with Crippen molar-refractivity contribution in [3.05, 3.63) is 35.5 Å². The molecule has 0 aliphatic rings. The fraction of sp³-hybridized carbons (Fsp3) is 0.467. The lowest BCUT2D eigenvalue weighted by Crippen LogP contribution is -2.25. The zero-order valence-corrected chi connectivity index (χ0v) is 11.0. The van der Waals surface area contributed by atoms with Crippen LogP contribution in [0, 0.1) is 0 Å². The van der Waals surface area contributed by atoms with Crippen molar-refractivity contribution < 1.29 is 0 Å². The first-order chi connectivity index (χ1) is 8.19. The molecule has 2 nitrogen and oxygen atoms in total. The summed E-state index contributed by atoms with van der Waals surface area (Å²) in [6.45, 7) is 6.55. The van der Waals surface area contributed by atoms with E-state index in [2.05, 4.69) is 50.2 Å². The van der Waals surface area contributed by atoms with E-state index in [4.69, 9.17) is 5.73 Å². The maximum absolute atomic E-state index is 6.16. The third-order valence-electron chi connectivity index (χ3n) is 3.82. The lowest BCUT2D eigenvalue weighted by Gasteiger charge is -2.17. The summed E-state index contributed by atoms with van der Waals surface area (Å²) in [5, 5.41) is 1.33. The molecule has 1 aromatic heterocycles. The Balaban J connectivity index is 2.49. The number of nitrogens with two attached hydrogens (primary N) is 1. The molecule has 0 fully saturated rings. The van der Waals surface area contributed by atoms with Crippen LogP contribution in [0.3, 0.4) is 0 Å². The quantitative estimate of drug-likeness (QED) is 0.828. The van der Waals surface area contributed by atoms with Crippen LogP contribution in [0.1, 0.15) is 44.2 Å². The summed E-state index contributed by atoms with van der Waals surface area (Å²) in [5.74, 6) is 0.404. The molecule has 2 atom stereocenters. The number of aromatic nitrogens is 1. The molecule has 0 radical (unpaired) electrons. The number of para-hydroxylation sites is 1. The second kappa shape index (κ2) is 4.92. The van der Waals surface area contributed by atoms with Crippen LogP contribution in [0.15, 0.2) is 24.4 Å². The van der Waals surface area contributed by atoms with Gasteiger partial charge in [0.15, 0.2) is 0 Å². The zero-order chi connectivity index (χ0) is 12.4. The van der Waals surface area contributed by atoms with Crippen LogP contribution >= 0.6 is 0 Å². The average Bonchev–Trinajstić information content (AvgIpc) is 2.80. The number of fused-ring (bicyclic) bond motifs is 1. The summed E-state index contributed by atoms with van der Waals surface area (Å²) in [6.07, 6.45) is 4.21. The Hall–Kier alpha value is -1.28. The molecule has 1 aromatic carbocycles. The van der Waals surface area contributed by atoms with Gasteiger partial charge in [0.25, 0.3) is 0 Å². The largest absolute Gasteiger partial charge is 0.361 e. The minimum atomic E-state index is 0.235. The van der Waals surface area contributed by atoms with Crippen LogP contribution in [0.25, 0.3) is 10.9 Å². The summed E-state index contributed by atoms with van der Waals surface area (Å²) in [4.78, 5) is 3.41. The minimum Gasteiger partial charge on any atom is -0.361 e. The van der Waals surface area contributed by atoms with Crippen molar-refractivity contribution in [2.75, 3.05) is 0 Å². The van der Waals surface area contributed by atoms with Crippen molar-refractivity contribution in [3.63, 3.8) is 0 Å². The Morgan fingerprint density at radius 2 is 2.06 bits per heavy atom. The molecule has 3 N–H and O–H groups in total. The molecule has 0 saturated carbocycles. The van der Waals surface area contributed by atoms with Crippen LogP contribution in [0.2, 0.25) is 0 Å². The van der Waals surface area contributed by atoms with E-state index in [0.29, 0.717) is 5.92 Å². The van der Waals surface area contributed by atoms with Crippen molar-refractivity contribution in [1.82, 2.24) is 4.98 Å². The summed E-state index contributed by atoms with van der Waals surface area (Å²) in [5.41, 5.74) is 10.2.